The number of carbonyl (C=O) groups excluding carboxylic acids is 1. The Morgan fingerprint density at radius 2 is 2.00 bits per heavy atom. The number of hydrogen-bond acceptors (Lipinski definition) is 7. The van der Waals surface area contributed by atoms with Crippen LogP contribution in [0.3, 0.4) is 0 Å². The molecule has 10 heteroatoms. The minimum absolute atomic E-state index is 0.125. The first kappa shape index (κ1) is 18.7. The number of rotatable bonds is 4. The molecule has 1 aliphatic carbocycles. The van der Waals surface area contributed by atoms with Crippen molar-refractivity contribution in [3.05, 3.63) is 36.6 Å². The van der Waals surface area contributed by atoms with E-state index in [1.807, 2.05) is 10.8 Å². The molecule has 0 saturated heterocycles. The van der Waals surface area contributed by atoms with Crippen LogP contribution >= 0.6 is 0 Å². The van der Waals surface area contributed by atoms with Crippen LogP contribution in [0, 0.1) is 0 Å². The Hall–Kier alpha value is -3.30. The zero-order valence-electron chi connectivity index (χ0n) is 17.4. The molecule has 3 aromatic heterocycles. The summed E-state index contributed by atoms with van der Waals surface area (Å²) < 4.78 is 3.69. The SMILES string of the molecule is CC[C@@H]1c2nncn2-c2cnc(-n3cnc(C(=O)N(C)C)c3)nc2N1C1CCCC1. The largest absolute Gasteiger partial charge is 0.343 e. The molecule has 5 rings (SSSR count). The summed E-state index contributed by atoms with van der Waals surface area (Å²) in [5, 5.41) is 8.56. The monoisotopic (exact) mass is 407 g/mol. The van der Waals surface area contributed by atoms with Crippen molar-refractivity contribution in [1.82, 2.24) is 39.2 Å². The number of aromatic nitrogens is 7. The van der Waals surface area contributed by atoms with Crippen LogP contribution in [0.4, 0.5) is 5.82 Å². The first-order valence-electron chi connectivity index (χ1n) is 10.4. The molecule has 0 radical (unpaired) electrons. The molecule has 3 aromatic rings. The maximum Gasteiger partial charge on any atom is 0.273 e. The topological polar surface area (TPSA) is 97.9 Å². The fraction of sp³-hybridized carbons (Fsp3) is 0.500. The third-order valence-corrected chi connectivity index (χ3v) is 5.99. The second kappa shape index (κ2) is 7.19. The van der Waals surface area contributed by atoms with Crippen LogP contribution < -0.4 is 4.90 Å². The highest BCUT2D eigenvalue weighted by Crippen LogP contribution is 2.42. The van der Waals surface area contributed by atoms with Gasteiger partial charge in [-0.1, -0.05) is 19.8 Å². The molecule has 156 valence electrons. The third-order valence-electron chi connectivity index (χ3n) is 5.99. The Kier molecular flexibility index (Phi) is 4.48. The van der Waals surface area contributed by atoms with E-state index in [1.54, 1.807) is 37.5 Å². The predicted octanol–water partition coefficient (Wildman–Crippen LogP) is 2.16. The molecule has 0 bridgehead atoms. The van der Waals surface area contributed by atoms with Crippen molar-refractivity contribution in [2.45, 2.75) is 51.1 Å². The number of carbonyl (C=O) groups is 1. The number of amides is 1. The Morgan fingerprint density at radius 3 is 2.73 bits per heavy atom. The summed E-state index contributed by atoms with van der Waals surface area (Å²) in [6.07, 6.45) is 12.5. The van der Waals surface area contributed by atoms with Crippen LogP contribution in [-0.2, 0) is 0 Å². The van der Waals surface area contributed by atoms with E-state index in [1.165, 1.54) is 17.7 Å². The van der Waals surface area contributed by atoms with Gasteiger partial charge in [0.2, 0.25) is 5.95 Å². The van der Waals surface area contributed by atoms with Gasteiger partial charge in [-0.05, 0) is 19.3 Å². The van der Waals surface area contributed by atoms with Gasteiger partial charge in [-0.15, -0.1) is 10.2 Å². The molecule has 1 aliphatic heterocycles. The number of nitrogens with zero attached hydrogens (tertiary/aromatic N) is 9. The van der Waals surface area contributed by atoms with Crippen molar-refractivity contribution in [1.29, 1.82) is 0 Å². The molecule has 1 amide bonds. The van der Waals surface area contributed by atoms with Crippen molar-refractivity contribution in [3.8, 4) is 11.6 Å². The van der Waals surface area contributed by atoms with Crippen LogP contribution in [-0.4, -0.2) is 65.2 Å². The first-order valence-corrected chi connectivity index (χ1v) is 10.4. The van der Waals surface area contributed by atoms with E-state index in [2.05, 4.69) is 32.0 Å². The van der Waals surface area contributed by atoms with Crippen molar-refractivity contribution in [2.24, 2.45) is 0 Å². The zero-order chi connectivity index (χ0) is 20.8. The number of anilines is 1. The number of fused-ring (bicyclic) bond motifs is 3. The van der Waals surface area contributed by atoms with Crippen molar-refractivity contribution < 1.29 is 4.79 Å². The summed E-state index contributed by atoms with van der Waals surface area (Å²) in [6, 6.07) is 0.551. The van der Waals surface area contributed by atoms with Crippen molar-refractivity contribution in [2.75, 3.05) is 19.0 Å². The van der Waals surface area contributed by atoms with Gasteiger partial charge in [-0.2, -0.15) is 4.98 Å². The molecule has 10 nitrogen and oxygen atoms in total. The van der Waals surface area contributed by atoms with Gasteiger partial charge < -0.3 is 9.80 Å². The molecular weight excluding hydrogens is 382 g/mol. The van der Waals surface area contributed by atoms with Crippen LogP contribution in [0.2, 0.25) is 0 Å². The Morgan fingerprint density at radius 1 is 1.20 bits per heavy atom. The van der Waals surface area contributed by atoms with Gasteiger partial charge in [0.25, 0.3) is 5.91 Å². The zero-order valence-corrected chi connectivity index (χ0v) is 17.4. The lowest BCUT2D eigenvalue weighted by Crippen LogP contribution is -2.42. The van der Waals surface area contributed by atoms with Gasteiger partial charge in [0, 0.05) is 26.3 Å². The highest BCUT2D eigenvalue weighted by molar-refractivity contribution is 5.91. The van der Waals surface area contributed by atoms with Gasteiger partial charge in [-0.25, -0.2) is 9.97 Å². The minimum Gasteiger partial charge on any atom is -0.343 e. The van der Waals surface area contributed by atoms with Crippen molar-refractivity contribution in [3.63, 3.8) is 0 Å². The quantitative estimate of drug-likeness (QED) is 0.654. The van der Waals surface area contributed by atoms with Gasteiger partial charge in [0.1, 0.15) is 24.0 Å². The lowest BCUT2D eigenvalue weighted by molar-refractivity contribution is 0.0822. The van der Waals surface area contributed by atoms with E-state index >= 15 is 0 Å². The fourth-order valence-corrected chi connectivity index (χ4v) is 4.53. The van der Waals surface area contributed by atoms with Gasteiger partial charge in [-0.3, -0.25) is 13.9 Å². The fourth-order valence-electron chi connectivity index (χ4n) is 4.53. The number of imidazole rings is 1. The van der Waals surface area contributed by atoms with Gasteiger partial charge in [0.05, 0.1) is 12.2 Å². The lowest BCUT2D eigenvalue weighted by atomic mass is 10.0. The Labute approximate surface area is 174 Å². The van der Waals surface area contributed by atoms with E-state index < -0.39 is 0 Å². The highest BCUT2D eigenvalue weighted by atomic mass is 16.2. The Bertz CT molecular complexity index is 1080. The molecule has 1 fully saturated rings. The summed E-state index contributed by atoms with van der Waals surface area (Å²) in [5.74, 6) is 2.17. The maximum absolute atomic E-state index is 12.2. The normalized spacial score (nSPS) is 18.4. The molecule has 1 atom stereocenters. The summed E-state index contributed by atoms with van der Waals surface area (Å²) >= 11 is 0. The Balaban J connectivity index is 1.61. The summed E-state index contributed by atoms with van der Waals surface area (Å²) in [6.45, 7) is 2.17. The highest BCUT2D eigenvalue weighted by Gasteiger charge is 2.38. The average molecular weight is 407 g/mol. The van der Waals surface area contributed by atoms with E-state index in [9.17, 15) is 4.79 Å². The van der Waals surface area contributed by atoms with Gasteiger partial charge in [0.15, 0.2) is 11.6 Å². The molecule has 30 heavy (non-hydrogen) atoms. The average Bonchev–Trinajstić information content (AvgIpc) is 3.52. The standard InChI is InChI=1S/C20H25N9O/c1-4-15-18-25-23-12-28(18)16-9-21-20(24-17(16)29(15)13-7-5-6-8-13)27-10-14(22-11-27)19(30)26(2)3/h9-13,15H,4-8H2,1-3H3/t15-/m1/s1. The van der Waals surface area contributed by atoms with Crippen LogP contribution in [0.25, 0.3) is 11.6 Å². The van der Waals surface area contributed by atoms with Gasteiger partial charge >= 0.3 is 0 Å². The third kappa shape index (κ3) is 2.86. The second-order valence-electron chi connectivity index (χ2n) is 8.07. The number of hydrogen-bond donors (Lipinski definition) is 0. The van der Waals surface area contributed by atoms with Crippen LogP contribution in [0.5, 0.6) is 0 Å². The molecule has 0 aromatic carbocycles. The van der Waals surface area contributed by atoms with E-state index in [-0.39, 0.29) is 11.9 Å². The first-order chi connectivity index (χ1) is 14.6. The molecule has 2 aliphatic rings. The van der Waals surface area contributed by atoms with Crippen molar-refractivity contribution >= 4 is 11.7 Å². The molecule has 0 spiro atoms. The van der Waals surface area contributed by atoms with Crippen LogP contribution in [0.15, 0.2) is 25.0 Å². The molecule has 1 saturated carbocycles. The molecule has 0 unspecified atom stereocenters. The lowest BCUT2D eigenvalue weighted by Gasteiger charge is -2.40. The summed E-state index contributed by atoms with van der Waals surface area (Å²) in [5.41, 5.74) is 1.25. The van der Waals surface area contributed by atoms with E-state index in [0.29, 0.717) is 17.7 Å². The van der Waals surface area contributed by atoms with Crippen LogP contribution in [0.1, 0.15) is 61.4 Å². The summed E-state index contributed by atoms with van der Waals surface area (Å²) in [7, 11) is 3.41. The predicted molar refractivity (Wildman–Crippen MR) is 110 cm³/mol. The molecule has 4 heterocycles. The molecule has 0 N–H and O–H groups in total. The van der Waals surface area contributed by atoms with E-state index in [4.69, 9.17) is 4.98 Å². The van der Waals surface area contributed by atoms with E-state index in [0.717, 1.165) is 36.6 Å². The second-order valence-corrected chi connectivity index (χ2v) is 8.07. The summed E-state index contributed by atoms with van der Waals surface area (Å²) in [4.78, 5) is 29.9. The maximum atomic E-state index is 12.2. The molecular formula is C20H25N9O. The minimum atomic E-state index is -0.153. The smallest absolute Gasteiger partial charge is 0.273 e.